The molecule has 0 unspecified atom stereocenters. The second kappa shape index (κ2) is 6.78. The van der Waals surface area contributed by atoms with E-state index in [2.05, 4.69) is 12.2 Å². The Hall–Kier alpha value is -0.130. The van der Waals surface area contributed by atoms with Crippen LogP contribution in [0.4, 0.5) is 0 Å². The van der Waals surface area contributed by atoms with E-state index in [-0.39, 0.29) is 0 Å². The SMILES string of the molecule is CCO[C@@H]1C[C@H](NCC2CCS(=O)(=O)CC2)C12CCCCC2. The maximum Gasteiger partial charge on any atom is 0.150 e. The van der Waals surface area contributed by atoms with E-state index in [1.807, 2.05) is 0 Å². The number of sulfone groups is 1. The fourth-order valence-corrected chi connectivity index (χ4v) is 6.39. The quantitative estimate of drug-likeness (QED) is 0.842. The molecule has 0 amide bonds. The van der Waals surface area contributed by atoms with Gasteiger partial charge in [0, 0.05) is 18.1 Å². The van der Waals surface area contributed by atoms with Gasteiger partial charge in [-0.15, -0.1) is 0 Å². The van der Waals surface area contributed by atoms with Gasteiger partial charge >= 0.3 is 0 Å². The summed E-state index contributed by atoms with van der Waals surface area (Å²) in [4.78, 5) is 0. The van der Waals surface area contributed by atoms with Gasteiger partial charge < -0.3 is 10.1 Å². The van der Waals surface area contributed by atoms with Crippen LogP contribution < -0.4 is 5.32 Å². The molecule has 0 aromatic rings. The molecule has 1 saturated heterocycles. The van der Waals surface area contributed by atoms with Gasteiger partial charge in [0.1, 0.15) is 9.84 Å². The lowest BCUT2D eigenvalue weighted by atomic mass is 9.55. The molecule has 0 aromatic heterocycles. The van der Waals surface area contributed by atoms with E-state index >= 15 is 0 Å². The zero-order valence-corrected chi connectivity index (χ0v) is 14.7. The summed E-state index contributed by atoms with van der Waals surface area (Å²) in [6, 6.07) is 0.586. The Kier molecular flexibility index (Phi) is 5.15. The predicted octanol–water partition coefficient (Wildman–Crippen LogP) is 2.53. The van der Waals surface area contributed by atoms with Crippen molar-refractivity contribution in [3.05, 3.63) is 0 Å². The van der Waals surface area contributed by atoms with Crippen molar-refractivity contribution in [2.75, 3.05) is 24.7 Å². The van der Waals surface area contributed by atoms with Crippen LogP contribution in [0, 0.1) is 11.3 Å². The third-order valence-corrected chi connectivity index (χ3v) is 7.98. The van der Waals surface area contributed by atoms with Crippen LogP contribution in [0.2, 0.25) is 0 Å². The van der Waals surface area contributed by atoms with Crippen LogP contribution in [0.1, 0.15) is 58.3 Å². The Balaban J connectivity index is 1.52. The minimum Gasteiger partial charge on any atom is -0.378 e. The molecule has 3 rings (SSSR count). The van der Waals surface area contributed by atoms with E-state index in [1.165, 1.54) is 32.1 Å². The lowest BCUT2D eigenvalue weighted by Gasteiger charge is -2.58. The van der Waals surface area contributed by atoms with Crippen molar-refractivity contribution in [3.8, 4) is 0 Å². The van der Waals surface area contributed by atoms with Crippen molar-refractivity contribution in [1.29, 1.82) is 0 Å². The first-order valence-corrected chi connectivity index (χ1v) is 10.9. The minimum atomic E-state index is -2.74. The van der Waals surface area contributed by atoms with Crippen LogP contribution in [0.25, 0.3) is 0 Å². The summed E-state index contributed by atoms with van der Waals surface area (Å²) in [6.07, 6.45) is 9.90. The molecular weight excluding hydrogens is 298 g/mol. The van der Waals surface area contributed by atoms with Crippen molar-refractivity contribution >= 4 is 9.84 Å². The van der Waals surface area contributed by atoms with Crippen molar-refractivity contribution in [2.45, 2.75) is 70.4 Å². The van der Waals surface area contributed by atoms with E-state index in [4.69, 9.17) is 4.74 Å². The summed E-state index contributed by atoms with van der Waals surface area (Å²) in [7, 11) is -2.74. The van der Waals surface area contributed by atoms with Gasteiger partial charge in [0.05, 0.1) is 17.6 Å². The van der Waals surface area contributed by atoms with Crippen molar-refractivity contribution in [2.24, 2.45) is 11.3 Å². The Bertz CT molecular complexity index is 456. The maximum absolute atomic E-state index is 11.5. The summed E-state index contributed by atoms with van der Waals surface area (Å²) >= 11 is 0. The molecule has 2 atom stereocenters. The maximum atomic E-state index is 11.5. The van der Waals surface area contributed by atoms with Gasteiger partial charge in [0.2, 0.25) is 0 Å². The lowest BCUT2D eigenvalue weighted by Crippen LogP contribution is -2.65. The standard InChI is InChI=1S/C17H31NO3S/c1-2-21-16-12-15(17(16)8-4-3-5-9-17)18-13-14-6-10-22(19,20)11-7-14/h14-16,18H,2-13H2,1H3/t15-,16+/m0/s1. The van der Waals surface area contributed by atoms with Crippen LogP contribution in [0.5, 0.6) is 0 Å². The Morgan fingerprint density at radius 2 is 1.82 bits per heavy atom. The van der Waals surface area contributed by atoms with Crippen LogP contribution in [0.15, 0.2) is 0 Å². The molecule has 128 valence electrons. The summed E-state index contributed by atoms with van der Waals surface area (Å²) in [5.74, 6) is 1.31. The highest BCUT2D eigenvalue weighted by molar-refractivity contribution is 7.91. The lowest BCUT2D eigenvalue weighted by molar-refractivity contribution is -0.150. The van der Waals surface area contributed by atoms with E-state index in [9.17, 15) is 8.42 Å². The average Bonchev–Trinajstić information content (AvgIpc) is 2.52. The second-order valence-electron chi connectivity index (χ2n) is 7.53. The monoisotopic (exact) mass is 329 g/mol. The number of rotatable bonds is 5. The van der Waals surface area contributed by atoms with E-state index < -0.39 is 9.84 Å². The molecule has 2 saturated carbocycles. The number of hydrogen-bond donors (Lipinski definition) is 1. The summed E-state index contributed by atoms with van der Waals surface area (Å²) in [5.41, 5.74) is 0.370. The van der Waals surface area contributed by atoms with Gasteiger partial charge in [-0.3, -0.25) is 0 Å². The van der Waals surface area contributed by atoms with Crippen LogP contribution >= 0.6 is 0 Å². The van der Waals surface area contributed by atoms with E-state index in [1.54, 1.807) is 0 Å². The van der Waals surface area contributed by atoms with Gasteiger partial charge in [-0.25, -0.2) is 8.42 Å². The third-order valence-electron chi connectivity index (χ3n) is 6.26. The van der Waals surface area contributed by atoms with Crippen molar-refractivity contribution in [3.63, 3.8) is 0 Å². The highest BCUT2D eigenvalue weighted by Crippen LogP contribution is 2.53. The second-order valence-corrected chi connectivity index (χ2v) is 9.83. The highest BCUT2D eigenvalue weighted by atomic mass is 32.2. The number of ether oxygens (including phenoxy) is 1. The minimum absolute atomic E-state index is 0.370. The molecule has 4 nitrogen and oxygen atoms in total. The van der Waals surface area contributed by atoms with Crippen LogP contribution in [0.3, 0.4) is 0 Å². The molecule has 0 radical (unpaired) electrons. The first-order chi connectivity index (χ1) is 10.6. The Morgan fingerprint density at radius 1 is 1.14 bits per heavy atom. The first-order valence-electron chi connectivity index (χ1n) is 9.11. The highest BCUT2D eigenvalue weighted by Gasteiger charge is 2.55. The summed E-state index contributed by atoms with van der Waals surface area (Å²) < 4.78 is 29.0. The average molecular weight is 330 g/mol. The van der Waals surface area contributed by atoms with E-state index in [0.29, 0.717) is 35.0 Å². The summed E-state index contributed by atoms with van der Waals surface area (Å²) in [5, 5.41) is 3.79. The van der Waals surface area contributed by atoms with Gasteiger partial charge in [-0.05, 0) is 51.5 Å². The van der Waals surface area contributed by atoms with Gasteiger partial charge in [-0.1, -0.05) is 19.3 Å². The van der Waals surface area contributed by atoms with Gasteiger partial charge in [-0.2, -0.15) is 0 Å². The molecule has 5 heteroatoms. The smallest absolute Gasteiger partial charge is 0.150 e. The van der Waals surface area contributed by atoms with Gasteiger partial charge in [0.15, 0.2) is 0 Å². The van der Waals surface area contributed by atoms with Gasteiger partial charge in [0.25, 0.3) is 0 Å². The summed E-state index contributed by atoms with van der Waals surface area (Å²) in [6.45, 7) is 3.90. The van der Waals surface area contributed by atoms with Crippen LogP contribution in [-0.2, 0) is 14.6 Å². The zero-order chi connectivity index (χ0) is 15.6. The topological polar surface area (TPSA) is 55.4 Å². The Morgan fingerprint density at radius 3 is 2.45 bits per heavy atom. The fraction of sp³-hybridized carbons (Fsp3) is 1.00. The Labute approximate surface area is 135 Å². The largest absolute Gasteiger partial charge is 0.378 e. The first kappa shape index (κ1) is 16.7. The molecule has 22 heavy (non-hydrogen) atoms. The number of nitrogens with one attached hydrogen (secondary N) is 1. The van der Waals surface area contributed by atoms with Crippen molar-refractivity contribution in [1.82, 2.24) is 5.32 Å². The fourth-order valence-electron chi connectivity index (χ4n) is 4.80. The number of hydrogen-bond acceptors (Lipinski definition) is 4. The molecule has 1 spiro atoms. The molecular formula is C17H31NO3S. The molecule has 0 bridgehead atoms. The molecule has 3 fully saturated rings. The molecule has 0 aromatic carbocycles. The van der Waals surface area contributed by atoms with E-state index in [0.717, 1.165) is 32.4 Å². The third kappa shape index (κ3) is 3.36. The molecule has 1 N–H and O–H groups in total. The van der Waals surface area contributed by atoms with Crippen molar-refractivity contribution < 1.29 is 13.2 Å². The molecule has 1 aliphatic heterocycles. The molecule has 2 aliphatic carbocycles. The zero-order valence-electron chi connectivity index (χ0n) is 13.9. The molecule has 1 heterocycles. The van der Waals surface area contributed by atoms with Crippen LogP contribution in [-0.4, -0.2) is 45.2 Å². The normalized spacial score (nSPS) is 34.4. The predicted molar refractivity (Wildman–Crippen MR) is 88.7 cm³/mol. The molecule has 3 aliphatic rings.